The van der Waals surface area contributed by atoms with Gasteiger partial charge >= 0.3 is 0 Å². The highest BCUT2D eigenvalue weighted by molar-refractivity contribution is 9.09. The molecule has 1 aliphatic heterocycles. The minimum Gasteiger partial charge on any atom is -0.376 e. The highest BCUT2D eigenvalue weighted by atomic mass is 79.9. The van der Waals surface area contributed by atoms with Gasteiger partial charge in [-0.3, -0.25) is 19.3 Å². The zero-order valence-electron chi connectivity index (χ0n) is 20.4. The lowest BCUT2D eigenvalue weighted by Crippen LogP contribution is -2.31. The smallest absolute Gasteiger partial charge is 0.258 e. The number of benzene rings is 3. The van der Waals surface area contributed by atoms with Crippen molar-refractivity contribution in [1.82, 2.24) is 4.90 Å². The minimum absolute atomic E-state index is 0.0553. The van der Waals surface area contributed by atoms with E-state index in [9.17, 15) is 14.4 Å². The van der Waals surface area contributed by atoms with Crippen molar-refractivity contribution in [3.05, 3.63) is 88.9 Å². The van der Waals surface area contributed by atoms with Crippen LogP contribution < -0.4 is 15.5 Å². The molecule has 0 fully saturated rings. The van der Waals surface area contributed by atoms with Crippen molar-refractivity contribution >= 4 is 73.6 Å². The summed E-state index contributed by atoms with van der Waals surface area (Å²) < 4.78 is 0. The van der Waals surface area contributed by atoms with Gasteiger partial charge in [-0.25, -0.2) is 0 Å². The van der Waals surface area contributed by atoms with Crippen LogP contribution in [0.4, 0.5) is 17.1 Å². The first-order valence-electron chi connectivity index (χ1n) is 11.6. The van der Waals surface area contributed by atoms with Crippen LogP contribution in [0.25, 0.3) is 11.3 Å². The number of likely N-dealkylation sites (N-methyl/N-ethyl adjacent to an activating group) is 1. The van der Waals surface area contributed by atoms with Gasteiger partial charge in [0.1, 0.15) is 0 Å². The molecule has 0 saturated carbocycles. The van der Waals surface area contributed by atoms with Crippen molar-refractivity contribution in [2.75, 3.05) is 41.5 Å². The van der Waals surface area contributed by atoms with Gasteiger partial charge in [-0.15, -0.1) is 0 Å². The van der Waals surface area contributed by atoms with Crippen molar-refractivity contribution in [2.45, 2.75) is 6.42 Å². The highest BCUT2D eigenvalue weighted by Gasteiger charge is 2.33. The molecule has 0 spiro atoms. The number of alkyl halides is 1. The van der Waals surface area contributed by atoms with Crippen LogP contribution in [0.5, 0.6) is 0 Å². The van der Waals surface area contributed by atoms with E-state index in [1.54, 1.807) is 49.3 Å². The van der Waals surface area contributed by atoms with Crippen LogP contribution in [0.3, 0.4) is 0 Å². The van der Waals surface area contributed by atoms with Crippen LogP contribution in [0.1, 0.15) is 17.5 Å². The molecule has 0 atom stereocenters. The summed E-state index contributed by atoms with van der Waals surface area (Å²) in [6.07, 6.45) is 0.218. The van der Waals surface area contributed by atoms with Gasteiger partial charge in [-0.05, 0) is 42.0 Å². The van der Waals surface area contributed by atoms with Crippen LogP contribution in [-0.4, -0.2) is 48.6 Å². The number of carbonyl (C=O) groups is 3. The van der Waals surface area contributed by atoms with Crippen molar-refractivity contribution in [3.8, 4) is 0 Å². The van der Waals surface area contributed by atoms with E-state index in [0.717, 1.165) is 11.3 Å². The summed E-state index contributed by atoms with van der Waals surface area (Å²) in [5.41, 5.74) is 4.19. The van der Waals surface area contributed by atoms with E-state index in [1.807, 2.05) is 42.5 Å². The molecule has 0 radical (unpaired) electrons. The Balaban J connectivity index is 1.85. The van der Waals surface area contributed by atoms with Crippen LogP contribution in [0.15, 0.2) is 72.8 Å². The van der Waals surface area contributed by atoms with Crippen molar-refractivity contribution < 1.29 is 14.4 Å². The number of anilines is 3. The lowest BCUT2D eigenvalue weighted by Gasteiger charge is -2.28. The van der Waals surface area contributed by atoms with E-state index in [4.69, 9.17) is 11.6 Å². The first kappa shape index (κ1) is 26.4. The third-order valence-electron chi connectivity index (χ3n) is 5.86. The number of rotatable bonds is 8. The highest BCUT2D eigenvalue weighted by Crippen LogP contribution is 2.41. The largest absolute Gasteiger partial charge is 0.376 e. The first-order chi connectivity index (χ1) is 17.8. The molecule has 1 aliphatic rings. The molecule has 0 unspecified atom stereocenters. The zero-order chi connectivity index (χ0) is 26.5. The fourth-order valence-corrected chi connectivity index (χ4v) is 4.53. The summed E-state index contributed by atoms with van der Waals surface area (Å²) >= 11 is 9.56. The summed E-state index contributed by atoms with van der Waals surface area (Å²) in [6.45, 7) is 0.150. The van der Waals surface area contributed by atoms with Crippen molar-refractivity contribution in [1.29, 1.82) is 0 Å². The number of nitrogens with zero attached hydrogens (tertiary/aromatic N) is 2. The van der Waals surface area contributed by atoms with Crippen molar-refractivity contribution in [3.63, 3.8) is 0 Å². The van der Waals surface area contributed by atoms with E-state index in [2.05, 4.69) is 26.6 Å². The van der Waals surface area contributed by atoms with E-state index < -0.39 is 0 Å². The summed E-state index contributed by atoms with van der Waals surface area (Å²) in [7, 11) is 3.40. The number of amides is 3. The summed E-state index contributed by atoms with van der Waals surface area (Å²) in [6, 6.07) is 21.8. The van der Waals surface area contributed by atoms with Crippen LogP contribution >= 0.6 is 27.5 Å². The number of nitrogens with one attached hydrogen (secondary N) is 2. The molecule has 9 heteroatoms. The van der Waals surface area contributed by atoms with Gasteiger partial charge in [-0.2, -0.15) is 0 Å². The molecule has 3 aromatic rings. The predicted octanol–water partition coefficient (Wildman–Crippen LogP) is 5.48. The monoisotopic (exact) mass is 580 g/mol. The quantitative estimate of drug-likeness (QED) is 0.273. The Kier molecular flexibility index (Phi) is 8.31. The van der Waals surface area contributed by atoms with E-state index in [-0.39, 0.29) is 30.7 Å². The second-order valence-electron chi connectivity index (χ2n) is 8.59. The normalized spacial score (nSPS) is 13.5. The minimum atomic E-state index is -0.312. The Morgan fingerprint density at radius 3 is 2.32 bits per heavy atom. The van der Waals surface area contributed by atoms with Gasteiger partial charge in [0, 0.05) is 47.8 Å². The Morgan fingerprint density at radius 2 is 1.68 bits per heavy atom. The van der Waals surface area contributed by atoms with Gasteiger partial charge in [0.2, 0.25) is 11.8 Å². The SMILES string of the molecule is CN(C)C(=O)CNc1ccc(N(C(=O)CCBr)/C(=C2\C(=O)Nc3cc(Cl)ccc32)c2ccccc2)cc1. The number of carbonyl (C=O) groups excluding carboxylic acids is 3. The van der Waals surface area contributed by atoms with Gasteiger partial charge in [0.05, 0.1) is 23.5 Å². The summed E-state index contributed by atoms with van der Waals surface area (Å²) in [5.74, 6) is -0.546. The van der Waals surface area contributed by atoms with Crippen molar-refractivity contribution in [2.24, 2.45) is 0 Å². The van der Waals surface area contributed by atoms with Gasteiger partial charge in [0.15, 0.2) is 0 Å². The predicted molar refractivity (Wildman–Crippen MR) is 153 cm³/mol. The molecule has 0 bridgehead atoms. The Bertz CT molecular complexity index is 1360. The average molecular weight is 582 g/mol. The number of hydrogen-bond acceptors (Lipinski definition) is 4. The molecule has 0 saturated heterocycles. The molecule has 4 rings (SSSR count). The van der Waals surface area contributed by atoms with E-state index in [0.29, 0.717) is 38.6 Å². The lowest BCUT2D eigenvalue weighted by molar-refractivity contribution is -0.126. The molecular weight excluding hydrogens is 556 g/mol. The molecule has 0 aromatic heterocycles. The molecule has 3 aromatic carbocycles. The maximum absolute atomic E-state index is 13.6. The summed E-state index contributed by atoms with van der Waals surface area (Å²) in [4.78, 5) is 42.0. The average Bonchev–Trinajstić information content (AvgIpc) is 3.21. The third-order valence-corrected chi connectivity index (χ3v) is 6.49. The second-order valence-corrected chi connectivity index (χ2v) is 9.82. The molecular formula is C28H26BrClN4O3. The molecule has 1 heterocycles. The van der Waals surface area contributed by atoms with Crippen LogP contribution in [0, 0.1) is 0 Å². The maximum Gasteiger partial charge on any atom is 0.258 e. The van der Waals surface area contributed by atoms with Crippen LogP contribution in [-0.2, 0) is 14.4 Å². The zero-order valence-corrected chi connectivity index (χ0v) is 22.8. The Hall–Kier alpha value is -3.62. The fourth-order valence-electron chi connectivity index (χ4n) is 4.02. The molecule has 3 amide bonds. The van der Waals surface area contributed by atoms with Crippen LogP contribution in [0.2, 0.25) is 5.02 Å². The van der Waals surface area contributed by atoms with Gasteiger partial charge in [0.25, 0.3) is 5.91 Å². The molecule has 7 nitrogen and oxygen atoms in total. The fraction of sp³-hybridized carbons (Fsp3) is 0.179. The molecule has 190 valence electrons. The topological polar surface area (TPSA) is 81.8 Å². The third kappa shape index (κ3) is 5.87. The number of fused-ring (bicyclic) bond motifs is 1. The standard InChI is InChI=1S/C28H26BrClN4O3/c1-33(2)25(36)17-31-20-9-11-21(12-10-20)34(24(35)14-15-29)27(18-6-4-3-5-7-18)26-22-13-8-19(30)16-23(22)32-28(26)37/h3-13,16,31H,14-15,17H2,1-2H3,(H,32,37)/b27-26-. The summed E-state index contributed by atoms with van der Waals surface area (Å²) in [5, 5.41) is 6.95. The maximum atomic E-state index is 13.6. The van der Waals surface area contributed by atoms with E-state index in [1.165, 1.54) is 4.90 Å². The Labute approximate surface area is 229 Å². The lowest BCUT2D eigenvalue weighted by atomic mass is 9.98. The van der Waals surface area contributed by atoms with Gasteiger partial charge in [-0.1, -0.05) is 63.9 Å². The number of halogens is 2. The molecule has 37 heavy (non-hydrogen) atoms. The Morgan fingerprint density at radius 1 is 0.973 bits per heavy atom. The first-order valence-corrected chi connectivity index (χ1v) is 13.1. The molecule has 2 N–H and O–H groups in total. The van der Waals surface area contributed by atoms with E-state index >= 15 is 0 Å². The van der Waals surface area contributed by atoms with Gasteiger partial charge < -0.3 is 15.5 Å². The molecule has 0 aliphatic carbocycles. The number of hydrogen-bond donors (Lipinski definition) is 2. The second kappa shape index (κ2) is 11.6.